The van der Waals surface area contributed by atoms with Crippen LogP contribution in [-0.4, -0.2) is 16.6 Å². The molecule has 112 valence electrons. The minimum absolute atomic E-state index is 0.242. The third kappa shape index (κ3) is 2.74. The molecule has 4 rings (SSSR count). The summed E-state index contributed by atoms with van der Waals surface area (Å²) in [5, 5.41) is 0. The topological polar surface area (TPSA) is 37.9 Å². The molecule has 1 heterocycles. The molecule has 1 fully saturated rings. The van der Waals surface area contributed by atoms with Gasteiger partial charge in [0.2, 0.25) is 0 Å². The number of rotatable bonds is 5. The molecular weight excluding hydrogens is 279 g/mol. The van der Waals surface area contributed by atoms with Crippen molar-refractivity contribution in [2.45, 2.75) is 19.4 Å². The van der Waals surface area contributed by atoms with Gasteiger partial charge in [-0.1, -0.05) is 24.3 Å². The molecule has 22 heavy (non-hydrogen) atoms. The van der Waals surface area contributed by atoms with E-state index >= 15 is 0 Å². The fourth-order valence-electron chi connectivity index (χ4n) is 2.52. The Labute approximate surface area is 128 Å². The van der Waals surface area contributed by atoms with Crippen LogP contribution >= 0.6 is 0 Å². The predicted molar refractivity (Wildman–Crippen MR) is 83.9 cm³/mol. The lowest BCUT2D eigenvalue weighted by atomic mass is 10.1. The van der Waals surface area contributed by atoms with Crippen molar-refractivity contribution in [1.82, 2.24) is 9.97 Å². The van der Waals surface area contributed by atoms with E-state index in [2.05, 4.69) is 9.97 Å². The molecule has 1 saturated carbocycles. The van der Waals surface area contributed by atoms with Crippen LogP contribution in [0.2, 0.25) is 0 Å². The molecule has 1 aliphatic carbocycles. The largest absolute Gasteiger partial charge is 0.376 e. The summed E-state index contributed by atoms with van der Waals surface area (Å²) < 4.78 is 19.8. The number of halogens is 1. The van der Waals surface area contributed by atoms with Gasteiger partial charge in [0.15, 0.2) is 0 Å². The van der Waals surface area contributed by atoms with Gasteiger partial charge in [-0.2, -0.15) is 0 Å². The highest BCUT2D eigenvalue weighted by molar-refractivity contribution is 5.79. The summed E-state index contributed by atoms with van der Waals surface area (Å²) in [4.78, 5) is 7.71. The molecule has 0 radical (unpaired) electrons. The van der Waals surface area contributed by atoms with Crippen LogP contribution in [0.25, 0.3) is 22.4 Å². The van der Waals surface area contributed by atoms with Crippen molar-refractivity contribution in [2.24, 2.45) is 5.92 Å². The molecule has 2 aromatic carbocycles. The minimum atomic E-state index is -0.242. The third-order valence-corrected chi connectivity index (χ3v) is 4.02. The summed E-state index contributed by atoms with van der Waals surface area (Å²) in [6.07, 6.45) is 2.49. The van der Waals surface area contributed by atoms with Crippen LogP contribution in [0.3, 0.4) is 0 Å². The second-order valence-corrected chi connectivity index (χ2v) is 5.87. The fraction of sp³-hybridized carbons (Fsp3) is 0.278. The predicted octanol–water partition coefficient (Wildman–Crippen LogP) is 4.30. The Hall–Kier alpha value is -2.20. The third-order valence-electron chi connectivity index (χ3n) is 4.02. The van der Waals surface area contributed by atoms with Crippen LogP contribution in [0.4, 0.5) is 4.39 Å². The molecule has 1 aromatic heterocycles. The summed E-state index contributed by atoms with van der Waals surface area (Å²) in [5.74, 6) is 1.14. The number of hydrogen-bond acceptors (Lipinski definition) is 2. The maximum absolute atomic E-state index is 14.2. The summed E-state index contributed by atoms with van der Waals surface area (Å²) in [7, 11) is 0. The van der Waals surface area contributed by atoms with Crippen molar-refractivity contribution in [2.75, 3.05) is 6.61 Å². The summed E-state index contributed by atoms with van der Waals surface area (Å²) in [6.45, 7) is 1.08. The molecule has 4 heteroatoms. The monoisotopic (exact) mass is 296 g/mol. The molecule has 3 nitrogen and oxygen atoms in total. The van der Waals surface area contributed by atoms with Crippen molar-refractivity contribution in [3.8, 4) is 11.4 Å². The lowest BCUT2D eigenvalue weighted by molar-refractivity contribution is 0.109. The molecule has 0 unspecified atom stereocenters. The van der Waals surface area contributed by atoms with Crippen LogP contribution in [0, 0.1) is 11.7 Å². The average Bonchev–Trinajstić information content (AvgIpc) is 3.25. The number of hydrogen-bond donors (Lipinski definition) is 1. The number of benzene rings is 2. The molecule has 0 saturated heterocycles. The average molecular weight is 296 g/mol. The number of aromatic nitrogens is 2. The Kier molecular flexibility index (Phi) is 3.39. The highest BCUT2D eigenvalue weighted by Crippen LogP contribution is 2.29. The first-order valence-electron chi connectivity index (χ1n) is 7.61. The SMILES string of the molecule is Fc1cc(-c2nc3ccccc3[nH]2)ccc1COCC1CC1. The van der Waals surface area contributed by atoms with E-state index < -0.39 is 0 Å². The molecule has 0 spiro atoms. The van der Waals surface area contributed by atoms with Gasteiger partial charge in [0.25, 0.3) is 0 Å². The van der Waals surface area contributed by atoms with Crippen molar-refractivity contribution in [3.05, 3.63) is 53.8 Å². The van der Waals surface area contributed by atoms with Crippen molar-refractivity contribution < 1.29 is 9.13 Å². The van der Waals surface area contributed by atoms with Crippen molar-refractivity contribution >= 4 is 11.0 Å². The highest BCUT2D eigenvalue weighted by Gasteiger charge is 2.21. The van der Waals surface area contributed by atoms with Crippen LogP contribution in [-0.2, 0) is 11.3 Å². The molecule has 0 atom stereocenters. The van der Waals surface area contributed by atoms with Gasteiger partial charge in [-0.15, -0.1) is 0 Å². The molecule has 0 aliphatic heterocycles. The quantitative estimate of drug-likeness (QED) is 0.762. The van der Waals surface area contributed by atoms with E-state index in [-0.39, 0.29) is 5.82 Å². The summed E-state index contributed by atoms with van der Waals surface area (Å²) in [6, 6.07) is 13.0. The van der Waals surface area contributed by atoms with Gasteiger partial charge in [-0.25, -0.2) is 9.37 Å². The number of fused-ring (bicyclic) bond motifs is 1. The highest BCUT2D eigenvalue weighted by atomic mass is 19.1. The molecule has 3 aromatic rings. The van der Waals surface area contributed by atoms with Crippen LogP contribution < -0.4 is 0 Å². The molecule has 0 bridgehead atoms. The molecule has 1 N–H and O–H groups in total. The maximum atomic E-state index is 14.2. The van der Waals surface area contributed by atoms with E-state index in [1.165, 1.54) is 18.9 Å². The number of para-hydroxylation sites is 2. The second-order valence-electron chi connectivity index (χ2n) is 5.87. The smallest absolute Gasteiger partial charge is 0.138 e. The van der Waals surface area contributed by atoms with Crippen LogP contribution in [0.5, 0.6) is 0 Å². The zero-order chi connectivity index (χ0) is 14.9. The molecule has 0 amide bonds. The number of nitrogens with one attached hydrogen (secondary N) is 1. The number of nitrogens with zero attached hydrogens (tertiary/aromatic N) is 1. The van der Waals surface area contributed by atoms with E-state index in [0.29, 0.717) is 23.9 Å². The van der Waals surface area contributed by atoms with Gasteiger partial charge >= 0.3 is 0 Å². The van der Waals surface area contributed by atoms with Gasteiger partial charge < -0.3 is 9.72 Å². The molecule has 1 aliphatic rings. The minimum Gasteiger partial charge on any atom is -0.376 e. The number of H-pyrrole nitrogens is 1. The van der Waals surface area contributed by atoms with Gasteiger partial charge in [0.05, 0.1) is 17.6 Å². The van der Waals surface area contributed by atoms with Gasteiger partial charge in [0, 0.05) is 17.7 Å². The zero-order valence-electron chi connectivity index (χ0n) is 12.2. The lowest BCUT2D eigenvalue weighted by Gasteiger charge is -2.06. The van der Waals surface area contributed by atoms with Gasteiger partial charge in [0.1, 0.15) is 11.6 Å². The van der Waals surface area contributed by atoms with Crippen LogP contribution in [0.1, 0.15) is 18.4 Å². The Morgan fingerprint density at radius 2 is 2.05 bits per heavy atom. The molecular formula is C18H17FN2O. The zero-order valence-corrected chi connectivity index (χ0v) is 12.2. The number of aromatic amines is 1. The van der Waals surface area contributed by atoms with E-state index in [1.54, 1.807) is 6.07 Å². The lowest BCUT2D eigenvalue weighted by Crippen LogP contribution is -1.99. The number of imidazole rings is 1. The first-order chi connectivity index (χ1) is 10.8. The maximum Gasteiger partial charge on any atom is 0.138 e. The Morgan fingerprint density at radius 1 is 1.18 bits per heavy atom. The van der Waals surface area contributed by atoms with E-state index in [0.717, 1.165) is 23.2 Å². The van der Waals surface area contributed by atoms with E-state index in [4.69, 9.17) is 4.74 Å². The normalized spacial score (nSPS) is 14.6. The van der Waals surface area contributed by atoms with E-state index in [1.807, 2.05) is 30.3 Å². The standard InChI is InChI=1S/C18H17FN2O/c19-15-9-13(7-8-14(15)11-22-10-12-5-6-12)18-20-16-3-1-2-4-17(16)21-18/h1-4,7-9,12H,5-6,10-11H2,(H,20,21). The summed E-state index contributed by atoms with van der Waals surface area (Å²) >= 11 is 0. The Bertz CT molecular complexity index is 775. The first-order valence-corrected chi connectivity index (χ1v) is 7.61. The number of ether oxygens (including phenoxy) is 1. The van der Waals surface area contributed by atoms with Gasteiger partial charge in [-0.3, -0.25) is 0 Å². The van der Waals surface area contributed by atoms with Crippen LogP contribution in [0.15, 0.2) is 42.5 Å². The van der Waals surface area contributed by atoms with E-state index in [9.17, 15) is 4.39 Å². The Morgan fingerprint density at radius 3 is 2.82 bits per heavy atom. The fourth-order valence-corrected chi connectivity index (χ4v) is 2.52. The van der Waals surface area contributed by atoms with Gasteiger partial charge in [-0.05, 0) is 37.0 Å². The van der Waals surface area contributed by atoms with Crippen molar-refractivity contribution in [3.63, 3.8) is 0 Å². The van der Waals surface area contributed by atoms with Crippen molar-refractivity contribution in [1.29, 1.82) is 0 Å². The second kappa shape index (κ2) is 5.54. The Balaban J connectivity index is 1.55. The first kappa shape index (κ1) is 13.5. The summed E-state index contributed by atoms with van der Waals surface area (Å²) in [5.41, 5.74) is 3.18.